The van der Waals surface area contributed by atoms with Crippen LogP contribution in [0.4, 0.5) is 0 Å². The van der Waals surface area contributed by atoms with Crippen molar-refractivity contribution in [2.75, 3.05) is 25.1 Å². The van der Waals surface area contributed by atoms with Crippen molar-refractivity contribution in [1.82, 2.24) is 4.90 Å². The van der Waals surface area contributed by atoms with Gasteiger partial charge < -0.3 is 5.11 Å². The van der Waals surface area contributed by atoms with Gasteiger partial charge in [-0.2, -0.15) is 11.8 Å². The largest absolute Gasteiger partial charge is 0.480 e. The third kappa shape index (κ3) is 3.03. The topological polar surface area (TPSA) is 40.5 Å². The van der Waals surface area contributed by atoms with Crippen molar-refractivity contribution >= 4 is 17.7 Å². The van der Waals surface area contributed by atoms with Crippen LogP contribution < -0.4 is 0 Å². The van der Waals surface area contributed by atoms with Crippen LogP contribution in [0.15, 0.2) is 0 Å². The molecule has 1 heterocycles. The monoisotopic (exact) mass is 189 g/mol. The van der Waals surface area contributed by atoms with Crippen LogP contribution in [-0.2, 0) is 4.79 Å². The molecule has 1 rings (SSSR count). The zero-order valence-electron chi connectivity index (χ0n) is 7.32. The van der Waals surface area contributed by atoms with Crippen molar-refractivity contribution in [2.24, 2.45) is 0 Å². The molecule has 4 heteroatoms. The Morgan fingerprint density at radius 1 is 1.75 bits per heavy atom. The highest BCUT2D eigenvalue weighted by Crippen LogP contribution is 2.20. The molecule has 1 aliphatic rings. The summed E-state index contributed by atoms with van der Waals surface area (Å²) in [5.41, 5.74) is 0. The minimum atomic E-state index is -0.729. The van der Waals surface area contributed by atoms with E-state index in [0.717, 1.165) is 12.2 Å². The van der Waals surface area contributed by atoms with Gasteiger partial charge in [-0.25, -0.2) is 0 Å². The second-order valence-electron chi connectivity index (χ2n) is 3.18. The molecule has 0 saturated carbocycles. The van der Waals surface area contributed by atoms with Gasteiger partial charge in [0.25, 0.3) is 0 Å². The molecule has 0 bridgehead atoms. The third-order valence-corrected chi connectivity index (χ3v) is 3.34. The van der Waals surface area contributed by atoms with E-state index >= 15 is 0 Å². The molecule has 1 N–H and O–H groups in total. The molecule has 70 valence electrons. The van der Waals surface area contributed by atoms with E-state index in [9.17, 15) is 4.79 Å². The highest BCUT2D eigenvalue weighted by atomic mass is 32.2. The zero-order chi connectivity index (χ0) is 8.97. The SMILES string of the molecule is CN(CC(=O)O)C1CCCSC1. The normalized spacial score (nSPS) is 24.3. The molecule has 0 aliphatic carbocycles. The Morgan fingerprint density at radius 3 is 3.00 bits per heavy atom. The van der Waals surface area contributed by atoms with Gasteiger partial charge >= 0.3 is 5.97 Å². The molecular weight excluding hydrogens is 174 g/mol. The smallest absolute Gasteiger partial charge is 0.317 e. The van der Waals surface area contributed by atoms with Crippen molar-refractivity contribution in [2.45, 2.75) is 18.9 Å². The van der Waals surface area contributed by atoms with Gasteiger partial charge in [-0.05, 0) is 25.6 Å². The quantitative estimate of drug-likeness (QED) is 0.716. The van der Waals surface area contributed by atoms with Crippen LogP contribution in [0.2, 0.25) is 0 Å². The minimum Gasteiger partial charge on any atom is -0.480 e. The average molecular weight is 189 g/mol. The molecule has 0 amide bonds. The summed E-state index contributed by atoms with van der Waals surface area (Å²) in [5.74, 6) is 1.59. The van der Waals surface area contributed by atoms with E-state index in [0.29, 0.717) is 6.04 Å². The van der Waals surface area contributed by atoms with E-state index in [1.54, 1.807) is 0 Å². The molecule has 0 aromatic heterocycles. The van der Waals surface area contributed by atoms with Crippen LogP contribution in [0.1, 0.15) is 12.8 Å². The molecule has 1 atom stereocenters. The molecule has 1 saturated heterocycles. The fourth-order valence-electron chi connectivity index (χ4n) is 1.41. The standard InChI is InChI=1S/C8H15NO2S/c1-9(5-8(10)11)7-3-2-4-12-6-7/h7H,2-6H2,1H3,(H,10,11). The summed E-state index contributed by atoms with van der Waals surface area (Å²) >= 11 is 1.92. The van der Waals surface area contributed by atoms with Gasteiger partial charge in [-0.3, -0.25) is 9.69 Å². The molecule has 1 unspecified atom stereocenters. The summed E-state index contributed by atoms with van der Waals surface area (Å²) in [5, 5.41) is 8.57. The van der Waals surface area contributed by atoms with Crippen LogP contribution in [0, 0.1) is 0 Å². The molecule has 0 aromatic rings. The third-order valence-electron chi connectivity index (χ3n) is 2.14. The molecule has 12 heavy (non-hydrogen) atoms. The van der Waals surface area contributed by atoms with Gasteiger partial charge in [0.15, 0.2) is 0 Å². The summed E-state index contributed by atoms with van der Waals surface area (Å²) in [4.78, 5) is 12.3. The van der Waals surface area contributed by atoms with Crippen molar-refractivity contribution < 1.29 is 9.90 Å². The number of nitrogens with zero attached hydrogens (tertiary/aromatic N) is 1. The van der Waals surface area contributed by atoms with Gasteiger partial charge in [-0.1, -0.05) is 0 Å². The van der Waals surface area contributed by atoms with Crippen molar-refractivity contribution in [3.8, 4) is 0 Å². The van der Waals surface area contributed by atoms with Crippen LogP contribution in [0.25, 0.3) is 0 Å². The average Bonchev–Trinajstić information content (AvgIpc) is 2.05. The Labute approximate surface area is 77.1 Å². The number of carbonyl (C=O) groups is 1. The van der Waals surface area contributed by atoms with E-state index in [1.807, 2.05) is 23.7 Å². The van der Waals surface area contributed by atoms with E-state index in [1.165, 1.54) is 12.2 Å². The number of hydrogen-bond donors (Lipinski definition) is 1. The Bertz CT molecular complexity index is 157. The summed E-state index contributed by atoms with van der Waals surface area (Å²) in [6, 6.07) is 0.472. The Balaban J connectivity index is 2.29. The molecule has 0 radical (unpaired) electrons. The minimum absolute atomic E-state index is 0.172. The zero-order valence-corrected chi connectivity index (χ0v) is 8.14. The molecule has 1 aliphatic heterocycles. The highest BCUT2D eigenvalue weighted by Gasteiger charge is 2.19. The number of likely N-dealkylation sites (N-methyl/N-ethyl adjacent to an activating group) is 1. The Kier molecular flexibility index (Phi) is 3.88. The maximum Gasteiger partial charge on any atom is 0.317 e. The number of rotatable bonds is 3. The fraction of sp³-hybridized carbons (Fsp3) is 0.875. The number of thioether (sulfide) groups is 1. The first kappa shape index (κ1) is 9.86. The lowest BCUT2D eigenvalue weighted by atomic mass is 10.1. The van der Waals surface area contributed by atoms with Gasteiger partial charge in [-0.15, -0.1) is 0 Å². The van der Waals surface area contributed by atoms with Gasteiger partial charge in [0.1, 0.15) is 0 Å². The lowest BCUT2D eigenvalue weighted by Crippen LogP contribution is -2.39. The first-order valence-corrected chi connectivity index (χ1v) is 5.35. The predicted octanol–water partition coefficient (Wildman–Crippen LogP) is 0.898. The number of carboxylic acid groups (broad SMARTS) is 1. The first-order chi connectivity index (χ1) is 5.70. The second-order valence-corrected chi connectivity index (χ2v) is 4.33. The summed E-state index contributed by atoms with van der Waals surface area (Å²) in [7, 11) is 1.89. The van der Waals surface area contributed by atoms with E-state index in [4.69, 9.17) is 5.11 Å². The van der Waals surface area contributed by atoms with Crippen molar-refractivity contribution in [3.05, 3.63) is 0 Å². The van der Waals surface area contributed by atoms with E-state index in [-0.39, 0.29) is 6.54 Å². The van der Waals surface area contributed by atoms with Crippen LogP contribution >= 0.6 is 11.8 Å². The number of hydrogen-bond acceptors (Lipinski definition) is 3. The second kappa shape index (κ2) is 4.72. The Hall–Kier alpha value is -0.220. The van der Waals surface area contributed by atoms with Crippen LogP contribution in [-0.4, -0.2) is 47.1 Å². The maximum absolute atomic E-state index is 10.4. The van der Waals surface area contributed by atoms with Crippen LogP contribution in [0.5, 0.6) is 0 Å². The summed E-state index contributed by atoms with van der Waals surface area (Å²) < 4.78 is 0. The highest BCUT2D eigenvalue weighted by molar-refractivity contribution is 7.99. The summed E-state index contributed by atoms with van der Waals surface area (Å²) in [6.45, 7) is 0.172. The van der Waals surface area contributed by atoms with Gasteiger partial charge in [0, 0.05) is 11.8 Å². The lowest BCUT2D eigenvalue weighted by molar-refractivity contribution is -0.138. The number of aliphatic carboxylic acids is 1. The number of carboxylic acids is 1. The fourth-order valence-corrected chi connectivity index (χ4v) is 2.64. The van der Waals surface area contributed by atoms with Crippen LogP contribution in [0.3, 0.4) is 0 Å². The predicted molar refractivity (Wildman–Crippen MR) is 50.6 cm³/mol. The molecule has 1 fully saturated rings. The van der Waals surface area contributed by atoms with Crippen molar-refractivity contribution in [3.63, 3.8) is 0 Å². The molecule has 3 nitrogen and oxygen atoms in total. The molecular formula is C8H15NO2S. The first-order valence-electron chi connectivity index (χ1n) is 4.20. The van der Waals surface area contributed by atoms with Crippen molar-refractivity contribution in [1.29, 1.82) is 0 Å². The molecule has 0 aromatic carbocycles. The summed E-state index contributed by atoms with van der Waals surface area (Å²) in [6.07, 6.45) is 2.37. The molecule has 0 spiro atoms. The lowest BCUT2D eigenvalue weighted by Gasteiger charge is -2.29. The van der Waals surface area contributed by atoms with Gasteiger partial charge in [0.2, 0.25) is 0 Å². The maximum atomic E-state index is 10.4. The van der Waals surface area contributed by atoms with Gasteiger partial charge in [0.05, 0.1) is 6.54 Å². The van der Waals surface area contributed by atoms with E-state index in [2.05, 4.69) is 0 Å². The van der Waals surface area contributed by atoms with E-state index < -0.39 is 5.97 Å². The Morgan fingerprint density at radius 2 is 2.50 bits per heavy atom.